The molecule has 9 heteroatoms. The van der Waals surface area contributed by atoms with Gasteiger partial charge in [0.15, 0.2) is 0 Å². The highest BCUT2D eigenvalue weighted by atomic mass is 79.9. The number of aliphatic hydroxyl groups excluding tert-OH is 1. The molecule has 0 atom stereocenters. The third-order valence-electron chi connectivity index (χ3n) is 1.09. The molecule has 0 bridgehead atoms. The Morgan fingerprint density at radius 1 is 1.54 bits per heavy atom. The van der Waals surface area contributed by atoms with Gasteiger partial charge in [-0.3, -0.25) is 0 Å². The summed E-state index contributed by atoms with van der Waals surface area (Å²) in [5, 5.41) is 13.9. The van der Waals surface area contributed by atoms with Gasteiger partial charge in [-0.2, -0.15) is 4.98 Å². The molecule has 76 valence electrons. The van der Waals surface area contributed by atoms with E-state index in [1.54, 1.807) is 0 Å². The van der Waals surface area contributed by atoms with E-state index < -0.39 is 16.4 Å². The number of halogens is 2. The number of H-pyrrole nitrogens is 1. The molecule has 0 aliphatic rings. The van der Waals surface area contributed by atoms with Crippen molar-refractivity contribution in [2.45, 2.75) is 5.16 Å². The van der Waals surface area contributed by atoms with Gasteiger partial charge in [0.1, 0.15) is 0 Å². The smallest absolute Gasteiger partial charge is 0.244 e. The molecule has 2 N–H and O–H groups in total. The van der Waals surface area contributed by atoms with Crippen LogP contribution in [0.3, 0.4) is 0 Å². The predicted octanol–water partition coefficient (Wildman–Crippen LogP) is -0.245. The van der Waals surface area contributed by atoms with Crippen molar-refractivity contribution in [3.63, 3.8) is 0 Å². The second kappa shape index (κ2) is 4.89. The van der Waals surface area contributed by atoms with Crippen molar-refractivity contribution in [2.24, 2.45) is 0 Å². The molecule has 0 aromatic carbocycles. The fraction of sp³-hybridized carbons (Fsp3) is 0.500. The van der Waals surface area contributed by atoms with E-state index >= 15 is 0 Å². The molecule has 0 saturated heterocycles. The predicted molar refractivity (Wildman–Crippen MR) is 50.5 cm³/mol. The maximum Gasteiger partial charge on any atom is 0.244 e. The minimum absolute atomic E-state index is 0. The van der Waals surface area contributed by atoms with Crippen LogP contribution >= 0.6 is 28.3 Å². The van der Waals surface area contributed by atoms with Crippen LogP contribution in [0.25, 0.3) is 0 Å². The Hall–Kier alpha value is -0.180. The Balaban J connectivity index is 0.00000144. The second-order valence-electron chi connectivity index (χ2n) is 1.95. The SMILES string of the molecule is Cl.O=S(=O)(CCO)c1nc(Br)n[nH]1. The van der Waals surface area contributed by atoms with E-state index in [0.717, 1.165) is 0 Å². The van der Waals surface area contributed by atoms with Crippen LogP contribution in [0.2, 0.25) is 0 Å². The fourth-order valence-electron chi connectivity index (χ4n) is 0.584. The van der Waals surface area contributed by atoms with E-state index in [4.69, 9.17) is 5.11 Å². The molecule has 1 aromatic rings. The minimum atomic E-state index is -3.50. The summed E-state index contributed by atoms with van der Waals surface area (Å²) < 4.78 is 22.4. The van der Waals surface area contributed by atoms with Gasteiger partial charge in [0, 0.05) is 0 Å². The van der Waals surface area contributed by atoms with Crippen LogP contribution in [-0.4, -0.2) is 41.1 Å². The Labute approximate surface area is 89.2 Å². The highest BCUT2D eigenvalue weighted by Gasteiger charge is 2.17. The van der Waals surface area contributed by atoms with E-state index in [-0.39, 0.29) is 28.0 Å². The number of aromatic amines is 1. The van der Waals surface area contributed by atoms with E-state index in [0.29, 0.717) is 0 Å². The fourth-order valence-corrected chi connectivity index (χ4v) is 1.81. The molecule has 0 spiro atoms. The first-order valence-corrected chi connectivity index (χ1v) is 5.42. The number of hydrogen-bond acceptors (Lipinski definition) is 5. The van der Waals surface area contributed by atoms with E-state index in [1.165, 1.54) is 0 Å². The van der Waals surface area contributed by atoms with E-state index in [2.05, 4.69) is 31.1 Å². The molecule has 0 amide bonds. The van der Waals surface area contributed by atoms with Crippen molar-refractivity contribution in [1.29, 1.82) is 0 Å². The van der Waals surface area contributed by atoms with Crippen molar-refractivity contribution in [3.8, 4) is 0 Å². The van der Waals surface area contributed by atoms with Gasteiger partial charge in [-0.25, -0.2) is 13.5 Å². The maximum absolute atomic E-state index is 11.1. The van der Waals surface area contributed by atoms with Crippen LogP contribution in [0.4, 0.5) is 0 Å². The van der Waals surface area contributed by atoms with Crippen molar-refractivity contribution < 1.29 is 13.5 Å². The van der Waals surface area contributed by atoms with Gasteiger partial charge in [-0.1, -0.05) is 0 Å². The summed E-state index contributed by atoms with van der Waals surface area (Å²) in [6.45, 7) is -0.430. The summed E-state index contributed by atoms with van der Waals surface area (Å²) in [5.41, 5.74) is 0. The molecule has 0 saturated carbocycles. The maximum atomic E-state index is 11.1. The molecule has 0 aliphatic carbocycles. The van der Waals surface area contributed by atoms with Crippen molar-refractivity contribution in [3.05, 3.63) is 4.73 Å². The van der Waals surface area contributed by atoms with Gasteiger partial charge in [-0.15, -0.1) is 17.5 Å². The molecular formula is C4H7BrClN3O3S. The topological polar surface area (TPSA) is 95.9 Å². The summed E-state index contributed by atoms with van der Waals surface area (Å²) in [7, 11) is -3.50. The Kier molecular flexibility index (Phi) is 4.82. The lowest BCUT2D eigenvalue weighted by Gasteiger charge is -1.94. The summed E-state index contributed by atoms with van der Waals surface area (Å²) in [4.78, 5) is 3.55. The average molecular weight is 293 g/mol. The van der Waals surface area contributed by atoms with Crippen molar-refractivity contribution >= 4 is 38.2 Å². The zero-order chi connectivity index (χ0) is 9.19. The van der Waals surface area contributed by atoms with Crippen LogP contribution < -0.4 is 0 Å². The molecule has 0 fully saturated rings. The number of aliphatic hydroxyl groups is 1. The van der Waals surface area contributed by atoms with Gasteiger partial charge in [0.05, 0.1) is 12.4 Å². The molecule has 0 unspecified atom stereocenters. The largest absolute Gasteiger partial charge is 0.395 e. The van der Waals surface area contributed by atoms with Crippen LogP contribution in [0.1, 0.15) is 0 Å². The first-order chi connectivity index (χ1) is 5.56. The summed E-state index contributed by atoms with van der Waals surface area (Å²) in [6, 6.07) is 0. The molecule has 1 rings (SSSR count). The molecular weight excluding hydrogens is 285 g/mol. The molecule has 0 radical (unpaired) electrons. The minimum Gasteiger partial charge on any atom is -0.395 e. The molecule has 6 nitrogen and oxygen atoms in total. The van der Waals surface area contributed by atoms with Gasteiger partial charge in [0.25, 0.3) is 0 Å². The van der Waals surface area contributed by atoms with Crippen LogP contribution in [0.15, 0.2) is 9.89 Å². The first kappa shape index (κ1) is 12.8. The lowest BCUT2D eigenvalue weighted by molar-refractivity contribution is 0.319. The van der Waals surface area contributed by atoms with Gasteiger partial charge in [0.2, 0.25) is 19.7 Å². The zero-order valence-corrected chi connectivity index (χ0v) is 9.49. The van der Waals surface area contributed by atoms with Gasteiger partial charge < -0.3 is 5.11 Å². The Morgan fingerprint density at radius 3 is 2.54 bits per heavy atom. The van der Waals surface area contributed by atoms with Crippen LogP contribution in [-0.2, 0) is 9.84 Å². The summed E-state index contributed by atoms with van der Waals surface area (Å²) in [5.74, 6) is -0.353. The van der Waals surface area contributed by atoms with Crippen molar-refractivity contribution in [2.75, 3.05) is 12.4 Å². The molecule has 1 aromatic heterocycles. The zero-order valence-electron chi connectivity index (χ0n) is 6.27. The van der Waals surface area contributed by atoms with Crippen molar-refractivity contribution in [1.82, 2.24) is 15.2 Å². The van der Waals surface area contributed by atoms with Gasteiger partial charge in [-0.05, 0) is 15.9 Å². The monoisotopic (exact) mass is 291 g/mol. The highest BCUT2D eigenvalue weighted by molar-refractivity contribution is 9.10. The quantitative estimate of drug-likeness (QED) is 0.801. The van der Waals surface area contributed by atoms with Crippen LogP contribution in [0, 0.1) is 0 Å². The lowest BCUT2D eigenvalue weighted by Crippen LogP contribution is -2.11. The Bertz CT molecular complexity index is 364. The number of nitrogens with zero attached hydrogens (tertiary/aromatic N) is 2. The lowest BCUT2D eigenvalue weighted by atomic mass is 10.9. The highest BCUT2D eigenvalue weighted by Crippen LogP contribution is 2.07. The second-order valence-corrected chi connectivity index (χ2v) is 4.69. The number of aromatic nitrogens is 3. The van der Waals surface area contributed by atoms with E-state index in [9.17, 15) is 8.42 Å². The van der Waals surface area contributed by atoms with Crippen LogP contribution in [0.5, 0.6) is 0 Å². The van der Waals surface area contributed by atoms with Gasteiger partial charge >= 0.3 is 0 Å². The molecule has 0 aliphatic heterocycles. The first-order valence-electron chi connectivity index (χ1n) is 2.98. The number of rotatable bonds is 3. The Morgan fingerprint density at radius 2 is 2.15 bits per heavy atom. The number of nitrogens with one attached hydrogen (secondary N) is 1. The standard InChI is InChI=1S/C4H6BrN3O3S.ClH/c5-3-6-4(8-7-3)12(10,11)2-1-9;/h9H,1-2H2,(H,6,7,8);1H. The third kappa shape index (κ3) is 3.22. The van der Waals surface area contributed by atoms with E-state index in [1.807, 2.05) is 0 Å². The third-order valence-corrected chi connectivity index (χ3v) is 2.94. The summed E-state index contributed by atoms with van der Waals surface area (Å²) >= 11 is 2.90. The number of sulfone groups is 1. The molecule has 1 heterocycles. The normalized spacial score (nSPS) is 10.9. The summed E-state index contributed by atoms with van der Waals surface area (Å²) in [6.07, 6.45) is 0. The molecule has 13 heavy (non-hydrogen) atoms. The average Bonchev–Trinajstić information content (AvgIpc) is 2.36. The number of hydrogen-bond donors (Lipinski definition) is 2.